The molecule has 1 N–H and O–H groups in total. The Labute approximate surface area is 179 Å². The minimum atomic E-state index is -0.0206. The fraction of sp³-hybridized carbons (Fsp3) is 0.542. The van der Waals surface area contributed by atoms with Crippen molar-refractivity contribution in [1.29, 1.82) is 0 Å². The number of methoxy groups -OCH3 is 1. The fourth-order valence-corrected chi connectivity index (χ4v) is 3.98. The molecule has 0 aliphatic carbocycles. The van der Waals surface area contributed by atoms with Crippen molar-refractivity contribution in [1.82, 2.24) is 4.90 Å². The molecule has 1 aromatic carbocycles. The van der Waals surface area contributed by atoms with Crippen LogP contribution in [-0.4, -0.2) is 43.3 Å². The minimum Gasteiger partial charge on any atom is -0.492 e. The Bertz CT molecular complexity index is 866. The van der Waals surface area contributed by atoms with E-state index in [-0.39, 0.29) is 18.2 Å². The minimum absolute atomic E-state index is 0.0206. The third kappa shape index (κ3) is 4.81. The molecule has 2 aliphatic heterocycles. The maximum absolute atomic E-state index is 9.72. The molecule has 0 unspecified atom stereocenters. The SMILES string of the molecule is COc1c2c(cc3c1[C@H](CC(/C=C/C(C)(C)CC=C(C)C)=N\O)N(C)CC3)OCO2. The quantitative estimate of drug-likeness (QED) is 0.291. The molecule has 1 aromatic rings. The van der Waals surface area contributed by atoms with Crippen LogP contribution < -0.4 is 14.2 Å². The molecule has 0 radical (unpaired) electrons. The average Bonchev–Trinajstić information content (AvgIpc) is 3.17. The predicted octanol–water partition coefficient (Wildman–Crippen LogP) is 5.11. The van der Waals surface area contributed by atoms with E-state index in [0.29, 0.717) is 17.9 Å². The van der Waals surface area contributed by atoms with Crippen molar-refractivity contribution in [3.63, 3.8) is 0 Å². The van der Waals surface area contributed by atoms with Gasteiger partial charge in [0.1, 0.15) is 0 Å². The maximum atomic E-state index is 9.72. The molecule has 0 fully saturated rings. The van der Waals surface area contributed by atoms with Gasteiger partial charge in [-0.05, 0) is 56.9 Å². The Morgan fingerprint density at radius 2 is 2.13 bits per heavy atom. The van der Waals surface area contributed by atoms with Crippen LogP contribution in [0.25, 0.3) is 0 Å². The zero-order valence-electron chi connectivity index (χ0n) is 19.0. The van der Waals surface area contributed by atoms with E-state index in [4.69, 9.17) is 14.2 Å². The van der Waals surface area contributed by atoms with Gasteiger partial charge in [-0.3, -0.25) is 4.90 Å². The van der Waals surface area contributed by atoms with Crippen LogP contribution in [0, 0.1) is 5.41 Å². The Morgan fingerprint density at radius 1 is 1.37 bits per heavy atom. The highest BCUT2D eigenvalue weighted by molar-refractivity contribution is 5.95. The van der Waals surface area contributed by atoms with Crippen molar-refractivity contribution in [3.8, 4) is 17.2 Å². The van der Waals surface area contributed by atoms with E-state index in [1.807, 2.05) is 6.08 Å². The highest BCUT2D eigenvalue weighted by Gasteiger charge is 2.34. The lowest BCUT2D eigenvalue weighted by molar-refractivity contribution is 0.170. The molecule has 0 aromatic heterocycles. The largest absolute Gasteiger partial charge is 0.492 e. The van der Waals surface area contributed by atoms with Gasteiger partial charge in [0.15, 0.2) is 11.5 Å². The summed E-state index contributed by atoms with van der Waals surface area (Å²) in [6, 6.07) is 2.09. The van der Waals surface area contributed by atoms with E-state index in [9.17, 15) is 5.21 Å². The topological polar surface area (TPSA) is 63.5 Å². The third-order valence-corrected chi connectivity index (χ3v) is 5.84. The summed E-state index contributed by atoms with van der Waals surface area (Å²) in [6.07, 6.45) is 8.73. The summed E-state index contributed by atoms with van der Waals surface area (Å²) in [7, 11) is 3.75. The second-order valence-corrected chi connectivity index (χ2v) is 9.07. The molecule has 6 heteroatoms. The highest BCUT2D eigenvalue weighted by atomic mass is 16.7. The second kappa shape index (κ2) is 9.13. The first-order chi connectivity index (χ1) is 14.3. The fourth-order valence-electron chi connectivity index (χ4n) is 3.98. The van der Waals surface area contributed by atoms with Crippen LogP contribution in [0.5, 0.6) is 17.2 Å². The van der Waals surface area contributed by atoms with Gasteiger partial charge in [0.05, 0.1) is 12.8 Å². The maximum Gasteiger partial charge on any atom is 0.231 e. The van der Waals surface area contributed by atoms with Gasteiger partial charge in [-0.2, -0.15) is 0 Å². The van der Waals surface area contributed by atoms with Crippen LogP contribution in [0.3, 0.4) is 0 Å². The lowest BCUT2D eigenvalue weighted by Crippen LogP contribution is -2.33. The molecular weight excluding hydrogens is 380 g/mol. The molecule has 3 rings (SSSR count). The zero-order chi connectivity index (χ0) is 21.9. The predicted molar refractivity (Wildman–Crippen MR) is 119 cm³/mol. The summed E-state index contributed by atoms with van der Waals surface area (Å²) in [5.74, 6) is 2.13. The second-order valence-electron chi connectivity index (χ2n) is 9.07. The number of benzene rings is 1. The Hall–Kier alpha value is -2.47. The molecule has 0 amide bonds. The first kappa shape index (κ1) is 22.2. The van der Waals surface area contributed by atoms with Gasteiger partial charge in [-0.15, -0.1) is 0 Å². The number of rotatable bonds is 7. The van der Waals surface area contributed by atoms with Gasteiger partial charge in [0.2, 0.25) is 12.5 Å². The Balaban J connectivity index is 1.88. The van der Waals surface area contributed by atoms with Gasteiger partial charge >= 0.3 is 0 Å². The molecule has 1 atom stereocenters. The zero-order valence-corrected chi connectivity index (χ0v) is 19.0. The van der Waals surface area contributed by atoms with E-state index < -0.39 is 0 Å². The number of allylic oxidation sites excluding steroid dienone is 4. The summed E-state index contributed by atoms with van der Waals surface area (Å²) in [5.41, 5.74) is 4.22. The number of ether oxygens (including phenoxy) is 3. The highest BCUT2D eigenvalue weighted by Crippen LogP contribution is 2.50. The van der Waals surface area contributed by atoms with Gasteiger partial charge in [0, 0.05) is 24.6 Å². The standard InChI is InChI=1S/C24H34N2O4/c1-16(2)7-10-24(3,4)11-8-18(25-27)14-19-21-17(9-12-26(19)5)13-20-22(23(21)28-6)30-15-29-20/h7-8,11,13,19,27H,9-10,12,14-15H2,1-6H3/b11-8+,25-18-/t19-/m0/s1. The molecule has 30 heavy (non-hydrogen) atoms. The van der Waals surface area contributed by atoms with Crippen LogP contribution in [0.2, 0.25) is 0 Å². The first-order valence-electron chi connectivity index (χ1n) is 10.5. The van der Waals surface area contributed by atoms with Crippen molar-refractivity contribution in [2.24, 2.45) is 10.6 Å². The molecular formula is C24H34N2O4. The van der Waals surface area contributed by atoms with Crippen LogP contribution in [0.1, 0.15) is 57.7 Å². The third-order valence-electron chi connectivity index (χ3n) is 5.84. The molecule has 2 aliphatic rings. The summed E-state index contributed by atoms with van der Waals surface area (Å²) < 4.78 is 17.0. The van der Waals surface area contributed by atoms with Crippen molar-refractivity contribution in [2.45, 2.75) is 53.0 Å². The molecule has 2 heterocycles. The number of hydrogen-bond acceptors (Lipinski definition) is 6. The van der Waals surface area contributed by atoms with Crippen LogP contribution >= 0.6 is 0 Å². The van der Waals surface area contributed by atoms with Crippen molar-refractivity contribution < 1.29 is 19.4 Å². The van der Waals surface area contributed by atoms with E-state index in [2.05, 4.69) is 63.0 Å². The van der Waals surface area contributed by atoms with Crippen molar-refractivity contribution in [3.05, 3.63) is 41.0 Å². The van der Waals surface area contributed by atoms with Gasteiger partial charge < -0.3 is 19.4 Å². The smallest absolute Gasteiger partial charge is 0.231 e. The van der Waals surface area contributed by atoms with Crippen molar-refractivity contribution in [2.75, 3.05) is 27.5 Å². The lowest BCUT2D eigenvalue weighted by atomic mass is 9.86. The summed E-state index contributed by atoms with van der Waals surface area (Å²) in [4.78, 5) is 2.28. The van der Waals surface area contributed by atoms with Gasteiger partial charge in [-0.1, -0.05) is 36.7 Å². The number of hydrogen-bond donors (Lipinski definition) is 1. The number of oxime groups is 1. The van der Waals surface area contributed by atoms with Crippen LogP contribution in [0.15, 0.2) is 35.0 Å². The summed E-state index contributed by atoms with van der Waals surface area (Å²) in [5, 5.41) is 13.3. The number of fused-ring (bicyclic) bond motifs is 2. The van der Waals surface area contributed by atoms with E-state index in [1.54, 1.807) is 7.11 Å². The van der Waals surface area contributed by atoms with E-state index in [0.717, 1.165) is 36.4 Å². The average molecular weight is 415 g/mol. The van der Waals surface area contributed by atoms with Gasteiger partial charge in [-0.25, -0.2) is 0 Å². The molecule has 0 saturated heterocycles. The number of nitrogens with zero attached hydrogens (tertiary/aromatic N) is 2. The van der Waals surface area contributed by atoms with Crippen LogP contribution in [0.4, 0.5) is 0 Å². The summed E-state index contributed by atoms with van der Waals surface area (Å²) >= 11 is 0. The summed E-state index contributed by atoms with van der Waals surface area (Å²) in [6.45, 7) is 9.70. The van der Waals surface area contributed by atoms with Crippen molar-refractivity contribution >= 4 is 5.71 Å². The Kier molecular flexibility index (Phi) is 6.76. The first-order valence-corrected chi connectivity index (χ1v) is 10.5. The van der Waals surface area contributed by atoms with E-state index in [1.165, 1.54) is 11.1 Å². The van der Waals surface area contributed by atoms with Gasteiger partial charge in [0.25, 0.3) is 0 Å². The Morgan fingerprint density at radius 3 is 2.80 bits per heavy atom. The normalized spacial score (nSPS) is 19.1. The van der Waals surface area contributed by atoms with E-state index >= 15 is 0 Å². The monoisotopic (exact) mass is 414 g/mol. The number of likely N-dealkylation sites (N-methyl/N-ethyl adjacent to an activating group) is 1. The van der Waals surface area contributed by atoms with Crippen LogP contribution in [-0.2, 0) is 6.42 Å². The molecule has 0 bridgehead atoms. The molecule has 0 spiro atoms. The molecule has 164 valence electrons. The molecule has 0 saturated carbocycles. The lowest BCUT2D eigenvalue weighted by Gasteiger charge is -2.35. The molecule has 6 nitrogen and oxygen atoms in total.